The largest absolute Gasteiger partial charge is 0.343 e. The van der Waals surface area contributed by atoms with Crippen LogP contribution in [0.25, 0.3) is 0 Å². The number of hydrogen-bond acceptors (Lipinski definition) is 5. The Kier molecular flexibility index (Phi) is 17.6. The maximum absolute atomic E-state index is 11.3. The summed E-state index contributed by atoms with van der Waals surface area (Å²) >= 11 is 0. The Bertz CT molecular complexity index is 543. The van der Waals surface area contributed by atoms with E-state index in [0.29, 0.717) is 11.7 Å². The molecule has 0 bridgehead atoms. The fraction of sp³-hybridized carbons (Fsp3) is 0.931. The van der Waals surface area contributed by atoms with Gasteiger partial charge in [0.15, 0.2) is 0 Å². The van der Waals surface area contributed by atoms with Gasteiger partial charge in [-0.05, 0) is 109 Å². The van der Waals surface area contributed by atoms with Crippen LogP contribution in [0, 0.1) is 17.8 Å². The highest BCUT2D eigenvalue weighted by Crippen LogP contribution is 2.21. The van der Waals surface area contributed by atoms with E-state index in [1.165, 1.54) is 77.8 Å². The third-order valence-electron chi connectivity index (χ3n) is 7.79. The van der Waals surface area contributed by atoms with Crippen molar-refractivity contribution < 1.29 is 9.59 Å². The Labute approximate surface area is 217 Å². The molecule has 3 aliphatic heterocycles. The summed E-state index contributed by atoms with van der Waals surface area (Å²) in [5.41, 5.74) is 0. The first-order valence-corrected chi connectivity index (χ1v) is 14.8. The molecule has 206 valence electrons. The van der Waals surface area contributed by atoms with Crippen LogP contribution < -0.4 is 5.32 Å². The van der Waals surface area contributed by atoms with E-state index in [4.69, 9.17) is 0 Å². The molecule has 0 aliphatic carbocycles. The second-order valence-electron chi connectivity index (χ2n) is 10.6. The van der Waals surface area contributed by atoms with Gasteiger partial charge in [0.2, 0.25) is 5.91 Å². The maximum Gasteiger partial charge on any atom is 0.219 e. The zero-order valence-corrected chi connectivity index (χ0v) is 24.1. The lowest BCUT2D eigenvalue weighted by Crippen LogP contribution is -2.41. The minimum absolute atomic E-state index is 0.238. The Balaban J connectivity index is 0.000000327. The molecule has 0 aromatic rings. The zero-order chi connectivity index (χ0) is 26.1. The second kappa shape index (κ2) is 19.2. The molecule has 3 heterocycles. The Morgan fingerprint density at radius 2 is 1.34 bits per heavy atom. The number of nitrogens with one attached hydrogen (secondary N) is 1. The van der Waals surface area contributed by atoms with Crippen LogP contribution in [0.3, 0.4) is 0 Å². The summed E-state index contributed by atoms with van der Waals surface area (Å²) in [6, 6.07) is 0. The molecular weight excluding hydrogens is 436 g/mol. The molecule has 3 saturated heterocycles. The van der Waals surface area contributed by atoms with Crippen molar-refractivity contribution in [2.75, 3.05) is 65.4 Å². The Morgan fingerprint density at radius 3 is 1.80 bits per heavy atom. The summed E-state index contributed by atoms with van der Waals surface area (Å²) in [4.78, 5) is 29.7. The van der Waals surface area contributed by atoms with Crippen LogP contribution >= 0.6 is 0 Å². The topological polar surface area (TPSA) is 55.9 Å². The van der Waals surface area contributed by atoms with Gasteiger partial charge < -0.3 is 20.0 Å². The molecule has 3 aliphatic rings. The van der Waals surface area contributed by atoms with E-state index in [1.54, 1.807) is 13.8 Å². The zero-order valence-electron chi connectivity index (χ0n) is 24.1. The predicted molar refractivity (Wildman–Crippen MR) is 149 cm³/mol. The number of carbonyl (C=O) groups excluding carboxylic acids is 2. The smallest absolute Gasteiger partial charge is 0.219 e. The van der Waals surface area contributed by atoms with E-state index in [2.05, 4.69) is 29.0 Å². The first kappa shape index (κ1) is 32.0. The molecule has 0 aromatic carbocycles. The third-order valence-corrected chi connectivity index (χ3v) is 7.79. The number of amides is 1. The molecule has 0 radical (unpaired) electrons. The fourth-order valence-corrected chi connectivity index (χ4v) is 5.67. The second-order valence-corrected chi connectivity index (χ2v) is 10.6. The van der Waals surface area contributed by atoms with Crippen LogP contribution in [0.1, 0.15) is 92.9 Å². The molecule has 1 N–H and O–H groups in total. The number of hydrogen-bond donors (Lipinski definition) is 1. The average molecular weight is 495 g/mol. The molecule has 1 amide bonds. The summed E-state index contributed by atoms with van der Waals surface area (Å²) < 4.78 is 0. The van der Waals surface area contributed by atoms with Crippen LogP contribution in [0.2, 0.25) is 0 Å². The molecule has 0 aromatic heterocycles. The summed E-state index contributed by atoms with van der Waals surface area (Å²) in [5, 5.41) is 3.41. The van der Waals surface area contributed by atoms with Crippen LogP contribution in [0.5, 0.6) is 0 Å². The molecule has 0 unspecified atom stereocenters. The molecule has 6 heteroatoms. The number of carbonyl (C=O) groups is 2. The molecule has 3 rings (SSSR count). The highest BCUT2D eigenvalue weighted by Gasteiger charge is 2.25. The van der Waals surface area contributed by atoms with E-state index in [-0.39, 0.29) is 5.91 Å². The monoisotopic (exact) mass is 494 g/mol. The lowest BCUT2D eigenvalue weighted by atomic mass is 9.91. The van der Waals surface area contributed by atoms with Crippen molar-refractivity contribution in [1.29, 1.82) is 0 Å². The van der Waals surface area contributed by atoms with Gasteiger partial charge in [-0.3, -0.25) is 9.59 Å². The quantitative estimate of drug-likeness (QED) is 0.504. The van der Waals surface area contributed by atoms with Gasteiger partial charge in [0, 0.05) is 39.0 Å². The van der Waals surface area contributed by atoms with Crippen molar-refractivity contribution in [3.63, 3.8) is 0 Å². The van der Waals surface area contributed by atoms with Crippen LogP contribution in [0.15, 0.2) is 0 Å². The highest BCUT2D eigenvalue weighted by molar-refractivity contribution is 5.78. The summed E-state index contributed by atoms with van der Waals surface area (Å²) in [5.74, 6) is 2.66. The molecule has 0 spiro atoms. The van der Waals surface area contributed by atoms with E-state index in [1.807, 2.05) is 18.7 Å². The van der Waals surface area contributed by atoms with Gasteiger partial charge in [-0.15, -0.1) is 0 Å². The maximum atomic E-state index is 11.3. The number of piperidine rings is 3. The van der Waals surface area contributed by atoms with E-state index < -0.39 is 0 Å². The molecule has 0 atom stereocenters. The minimum Gasteiger partial charge on any atom is -0.343 e. The van der Waals surface area contributed by atoms with Gasteiger partial charge in [0.25, 0.3) is 0 Å². The standard InChI is InChI=1S/C14H28N2O.C13H24N2O.C2H6/c1-4-8-15(9-5-2)12-14-6-10-16(11-7-14)13(3)17;1-11(16)13-4-8-15(9-5-13)10-12-2-6-14-7-3-12;1-2/h14H,4-12H2,1-3H3;12-14H,2-10H2,1H3;1-2H3. The molecule has 0 saturated carbocycles. The summed E-state index contributed by atoms with van der Waals surface area (Å²) in [7, 11) is 0. The lowest BCUT2D eigenvalue weighted by molar-refractivity contribution is -0.130. The van der Waals surface area contributed by atoms with Crippen molar-refractivity contribution in [3.05, 3.63) is 0 Å². The van der Waals surface area contributed by atoms with Gasteiger partial charge >= 0.3 is 0 Å². The number of ketones is 1. The van der Waals surface area contributed by atoms with Gasteiger partial charge in [-0.25, -0.2) is 0 Å². The Hall–Kier alpha value is -0.980. The van der Waals surface area contributed by atoms with Gasteiger partial charge in [-0.2, -0.15) is 0 Å². The first-order valence-electron chi connectivity index (χ1n) is 14.8. The van der Waals surface area contributed by atoms with Gasteiger partial charge in [-0.1, -0.05) is 27.7 Å². The van der Waals surface area contributed by atoms with Crippen molar-refractivity contribution in [2.24, 2.45) is 17.8 Å². The fourth-order valence-electron chi connectivity index (χ4n) is 5.67. The molecular formula is C29H58N4O2. The summed E-state index contributed by atoms with van der Waals surface area (Å²) in [6.07, 6.45) is 9.67. The number of rotatable bonds is 9. The van der Waals surface area contributed by atoms with Crippen LogP contribution in [0.4, 0.5) is 0 Å². The molecule has 3 fully saturated rings. The van der Waals surface area contributed by atoms with E-state index in [9.17, 15) is 9.59 Å². The van der Waals surface area contributed by atoms with Gasteiger partial charge in [0.05, 0.1) is 0 Å². The van der Waals surface area contributed by atoms with Crippen molar-refractivity contribution in [1.82, 2.24) is 20.0 Å². The molecule has 35 heavy (non-hydrogen) atoms. The van der Waals surface area contributed by atoms with E-state index >= 15 is 0 Å². The highest BCUT2D eigenvalue weighted by atomic mass is 16.2. The number of likely N-dealkylation sites (tertiary alicyclic amines) is 2. The van der Waals surface area contributed by atoms with Crippen molar-refractivity contribution >= 4 is 11.7 Å². The normalized spacial score (nSPS) is 20.6. The number of Topliss-reactive ketones (excluding diaryl/α,β-unsaturated/α-hetero) is 1. The summed E-state index contributed by atoms with van der Waals surface area (Å²) in [6.45, 7) is 23.4. The number of nitrogens with zero attached hydrogens (tertiary/aromatic N) is 3. The predicted octanol–water partition coefficient (Wildman–Crippen LogP) is 4.68. The lowest BCUT2D eigenvalue weighted by Gasteiger charge is -2.34. The third kappa shape index (κ3) is 13.2. The SMILES string of the molecule is CC.CC(=O)C1CCN(CC2CCNCC2)CC1.CCCN(CCC)CC1CCN(C(C)=O)CC1. The van der Waals surface area contributed by atoms with Crippen LogP contribution in [-0.2, 0) is 9.59 Å². The molecule has 6 nitrogen and oxygen atoms in total. The van der Waals surface area contributed by atoms with Crippen molar-refractivity contribution in [3.8, 4) is 0 Å². The van der Waals surface area contributed by atoms with E-state index in [0.717, 1.165) is 50.9 Å². The first-order chi connectivity index (χ1) is 16.9. The van der Waals surface area contributed by atoms with Crippen LogP contribution in [-0.4, -0.2) is 91.8 Å². The van der Waals surface area contributed by atoms with Gasteiger partial charge in [0.1, 0.15) is 5.78 Å². The average Bonchev–Trinajstić information content (AvgIpc) is 2.87. The minimum atomic E-state index is 0.238. The Morgan fingerprint density at radius 1 is 0.800 bits per heavy atom. The van der Waals surface area contributed by atoms with Crippen molar-refractivity contribution in [2.45, 2.75) is 92.9 Å².